The van der Waals surface area contributed by atoms with Crippen LogP contribution >= 0.6 is 0 Å². The zero-order valence-electron chi connectivity index (χ0n) is 30.1. The first-order valence-corrected chi connectivity index (χ1v) is 20.9. The minimum atomic E-state index is -4.61. The zero-order chi connectivity index (χ0) is 36.2. The molecule has 2 aliphatic carbocycles. The van der Waals surface area contributed by atoms with E-state index in [9.17, 15) is 26.3 Å². The molecule has 0 nitrogen and oxygen atoms in total. The van der Waals surface area contributed by atoms with Crippen LogP contribution in [0.25, 0.3) is 11.1 Å². The Bertz CT molecular complexity index is 2000. The van der Waals surface area contributed by atoms with E-state index in [4.69, 9.17) is 0 Å². The zero-order valence-corrected chi connectivity index (χ0v) is 34.1. The Morgan fingerprint density at radius 1 is 0.750 bits per heavy atom. The molecule has 4 aromatic rings. The van der Waals surface area contributed by atoms with Gasteiger partial charge in [-0.25, -0.2) is 0 Å². The molecule has 0 N–H and O–H groups in total. The molecule has 0 saturated carbocycles. The van der Waals surface area contributed by atoms with E-state index in [-0.39, 0.29) is 36.1 Å². The van der Waals surface area contributed by atoms with Crippen molar-refractivity contribution in [2.24, 2.45) is 11.3 Å². The second-order valence-electron chi connectivity index (χ2n) is 14.7. The summed E-state index contributed by atoms with van der Waals surface area (Å²) in [5.41, 5.74) is 6.86. The molecule has 9 heteroatoms. The minimum Gasteiger partial charge on any atom is -1.00 e. The molecular weight excluding hydrogens is 793 g/mol. The van der Waals surface area contributed by atoms with Gasteiger partial charge in [-0.1, -0.05) is 0 Å². The van der Waals surface area contributed by atoms with Gasteiger partial charge < -0.3 is 24.8 Å². The van der Waals surface area contributed by atoms with Crippen molar-refractivity contribution in [2.45, 2.75) is 79.6 Å². The summed E-state index contributed by atoms with van der Waals surface area (Å²) >= 11 is -3.72. The maximum Gasteiger partial charge on any atom is -1.00 e. The van der Waals surface area contributed by atoms with E-state index >= 15 is 0 Å². The Morgan fingerprint density at radius 3 is 1.87 bits per heavy atom. The fourth-order valence-electron chi connectivity index (χ4n) is 7.46. The largest absolute Gasteiger partial charge is 1.00 e. The van der Waals surface area contributed by atoms with Crippen LogP contribution in [0.1, 0.15) is 91.5 Å². The monoisotopic (exact) mass is 832 g/mol. The fraction of sp³-hybridized carbons (Fsp3) is 0.326. The van der Waals surface area contributed by atoms with Crippen LogP contribution in [0.4, 0.5) is 26.3 Å². The molecule has 1 atom stereocenters. The summed E-state index contributed by atoms with van der Waals surface area (Å²) in [6.07, 6.45) is -1.12. The number of hydrogen-bond donors (Lipinski definition) is 0. The van der Waals surface area contributed by atoms with Crippen LogP contribution in [0.5, 0.6) is 0 Å². The summed E-state index contributed by atoms with van der Waals surface area (Å²) in [7, 11) is 0. The molecule has 0 bridgehead atoms. The molecule has 4 aromatic carbocycles. The predicted molar refractivity (Wildman–Crippen MR) is 189 cm³/mol. The Morgan fingerprint density at radius 2 is 1.33 bits per heavy atom. The molecule has 0 radical (unpaired) electrons. The maximum absolute atomic E-state index is 14.3. The number of rotatable bonds is 7. The van der Waals surface area contributed by atoms with Crippen molar-refractivity contribution >= 4 is 6.48 Å². The molecule has 0 saturated heterocycles. The average Bonchev–Trinajstić information content (AvgIpc) is 3.63. The summed E-state index contributed by atoms with van der Waals surface area (Å²) in [6.45, 7) is 12.7. The third kappa shape index (κ3) is 8.48. The summed E-state index contributed by atoms with van der Waals surface area (Å²) in [6, 6.07) is 21.2. The van der Waals surface area contributed by atoms with Crippen molar-refractivity contribution in [3.05, 3.63) is 144 Å². The van der Waals surface area contributed by atoms with Gasteiger partial charge in [0.1, 0.15) is 0 Å². The predicted octanol–water partition coefficient (Wildman–Crippen LogP) is 6.11. The minimum absolute atomic E-state index is 0. The van der Waals surface area contributed by atoms with E-state index < -0.39 is 44.7 Å². The molecule has 0 amide bonds. The van der Waals surface area contributed by atoms with E-state index in [1.165, 1.54) is 26.6 Å². The summed E-state index contributed by atoms with van der Waals surface area (Å²) in [4.78, 5) is 0. The van der Waals surface area contributed by atoms with E-state index in [2.05, 4.69) is 84.0 Å². The van der Waals surface area contributed by atoms with Gasteiger partial charge in [0.05, 0.1) is 0 Å². The van der Waals surface area contributed by atoms with Gasteiger partial charge in [0, 0.05) is 0 Å². The van der Waals surface area contributed by atoms with E-state index in [1.54, 1.807) is 12.1 Å². The molecule has 0 aliphatic heterocycles. The van der Waals surface area contributed by atoms with Gasteiger partial charge in [-0.3, -0.25) is 0 Å². The van der Waals surface area contributed by atoms with Gasteiger partial charge in [0.25, 0.3) is 0 Å². The van der Waals surface area contributed by atoms with E-state index in [0.29, 0.717) is 20.8 Å². The van der Waals surface area contributed by atoms with Crippen LogP contribution < -0.4 is 28.1 Å². The van der Waals surface area contributed by atoms with Crippen LogP contribution in [-0.2, 0) is 40.0 Å². The number of alkyl halides is 6. The SMILES string of the molecule is CCCCC1C=C(C(C)(C)C)C=[C]1[Zr+2](=[C](c1cccc(C(F)(F)F)c1)c1cccc(C(F)(F)F)c1)[c]1c(C)ccc2c1Cc1cc(C)ccc1-2.[Cl-].[Cl-]. The van der Waals surface area contributed by atoms with Crippen LogP contribution in [-0.4, -0.2) is 3.21 Å². The molecule has 6 rings (SSSR count). The molecule has 2 aliphatic rings. The Balaban J connectivity index is 0.00000302. The van der Waals surface area contributed by atoms with Crippen LogP contribution in [0.15, 0.2) is 99.9 Å². The number of allylic oxidation sites excluding steroid dienone is 4. The number of unbranched alkanes of at least 4 members (excludes halogenated alkanes) is 1. The van der Waals surface area contributed by atoms with Crippen LogP contribution in [0.3, 0.4) is 0 Å². The first kappa shape index (κ1) is 42.0. The van der Waals surface area contributed by atoms with Crippen LogP contribution in [0, 0.1) is 25.2 Å². The van der Waals surface area contributed by atoms with Crippen molar-refractivity contribution in [2.75, 3.05) is 0 Å². The smallest absolute Gasteiger partial charge is 1.00 e. The van der Waals surface area contributed by atoms with Gasteiger partial charge in [-0.15, -0.1) is 0 Å². The summed E-state index contributed by atoms with van der Waals surface area (Å²) in [5, 5.41) is 0. The first-order valence-electron chi connectivity index (χ1n) is 17.2. The van der Waals surface area contributed by atoms with E-state index in [0.717, 1.165) is 74.6 Å². The second kappa shape index (κ2) is 15.9. The normalized spacial score (nSPS) is 15.0. The molecular formula is C43H42Cl2F6Zr. The number of halogens is 8. The number of hydrogen-bond acceptors (Lipinski definition) is 0. The third-order valence-electron chi connectivity index (χ3n) is 10.0. The van der Waals surface area contributed by atoms with Crippen LogP contribution in [0.2, 0.25) is 0 Å². The molecule has 0 heterocycles. The molecule has 274 valence electrons. The van der Waals surface area contributed by atoms with Crippen molar-refractivity contribution < 1.29 is 72.4 Å². The van der Waals surface area contributed by atoms with Gasteiger partial charge in [-0.2, -0.15) is 0 Å². The molecule has 52 heavy (non-hydrogen) atoms. The van der Waals surface area contributed by atoms with Crippen molar-refractivity contribution in [1.29, 1.82) is 0 Å². The number of benzene rings is 4. The first-order chi connectivity index (χ1) is 23.5. The Labute approximate surface area is 323 Å². The van der Waals surface area contributed by atoms with E-state index in [1.807, 2.05) is 0 Å². The Hall–Kier alpha value is -2.73. The number of fused-ring (bicyclic) bond motifs is 3. The quantitative estimate of drug-likeness (QED) is 0.174. The second-order valence-corrected chi connectivity index (χ2v) is 20.5. The van der Waals surface area contributed by atoms with Gasteiger partial charge in [-0.05, 0) is 0 Å². The topological polar surface area (TPSA) is 0 Å². The van der Waals surface area contributed by atoms with Crippen molar-refractivity contribution in [3.63, 3.8) is 0 Å². The molecule has 0 fully saturated rings. The fourth-order valence-corrected chi connectivity index (χ4v) is 16.3. The average molecular weight is 835 g/mol. The van der Waals surface area contributed by atoms with Gasteiger partial charge >= 0.3 is 301 Å². The Kier molecular flexibility index (Phi) is 12.9. The molecule has 1 unspecified atom stereocenters. The summed E-state index contributed by atoms with van der Waals surface area (Å²) < 4.78 is 89.0. The number of aryl methyl sites for hydroxylation is 2. The maximum atomic E-state index is 14.3. The summed E-state index contributed by atoms with van der Waals surface area (Å²) in [5.74, 6) is 0.0476. The van der Waals surface area contributed by atoms with Crippen molar-refractivity contribution in [3.8, 4) is 11.1 Å². The third-order valence-corrected chi connectivity index (χ3v) is 18.3. The van der Waals surface area contributed by atoms with Gasteiger partial charge in [0.15, 0.2) is 0 Å². The molecule has 0 aromatic heterocycles. The van der Waals surface area contributed by atoms with Crippen molar-refractivity contribution in [1.82, 2.24) is 0 Å². The standard InChI is InChI=1S/C15H8F6.C15H13.C13H21.2ClH.Zr/c16-14(17,18)12-5-1-3-10(8-12)7-11-4-2-6-13(9-11)15(19,20)21;1-10-3-5-14-12(7-10)9-13-8-11(2)4-6-15(13)14;1-5-6-7-11-8-9-12(10-11)13(2,3)4;;;/h1-6,8-9H;3-7H,9H2,1-2H3;9-11H,5-7H2,1-4H3;2*1H;/q;;;;;+2/p-2. The molecule has 0 spiro atoms. The van der Waals surface area contributed by atoms with Gasteiger partial charge in [0.2, 0.25) is 0 Å².